The summed E-state index contributed by atoms with van der Waals surface area (Å²) in [6.07, 6.45) is 0. The minimum atomic E-state index is -0.566. The molecule has 0 spiro atoms. The van der Waals surface area contributed by atoms with Gasteiger partial charge in [-0.05, 0) is 51.0 Å². The Hall–Kier alpha value is -2.47. The summed E-state index contributed by atoms with van der Waals surface area (Å²) >= 11 is 1.66. The minimum absolute atomic E-state index is 0.221. The molecule has 0 aromatic heterocycles. The van der Waals surface area contributed by atoms with Gasteiger partial charge in [-0.2, -0.15) is 0 Å². The lowest BCUT2D eigenvalue weighted by Gasteiger charge is -2.12. The summed E-state index contributed by atoms with van der Waals surface area (Å²) in [6.45, 7) is 7.91. The van der Waals surface area contributed by atoms with Gasteiger partial charge in [-0.1, -0.05) is 35.4 Å². The Morgan fingerprint density at radius 1 is 0.929 bits per heavy atom. The van der Waals surface area contributed by atoms with Crippen LogP contribution < -0.4 is 10.1 Å². The van der Waals surface area contributed by atoms with Crippen molar-refractivity contribution in [2.75, 3.05) is 25.5 Å². The van der Waals surface area contributed by atoms with Gasteiger partial charge in [0.25, 0.3) is 5.91 Å². The lowest BCUT2D eigenvalue weighted by Crippen LogP contribution is -2.31. The zero-order valence-electron chi connectivity index (χ0n) is 16.8. The van der Waals surface area contributed by atoms with E-state index in [2.05, 4.69) is 29.6 Å². The molecule has 0 saturated carbocycles. The van der Waals surface area contributed by atoms with Gasteiger partial charge in [-0.25, -0.2) is 4.79 Å². The Balaban J connectivity index is 1.63. The molecule has 1 N–H and O–H groups in total. The Kier molecular flexibility index (Phi) is 8.39. The number of benzene rings is 2. The zero-order chi connectivity index (χ0) is 20.5. The second kappa shape index (κ2) is 10.8. The van der Waals surface area contributed by atoms with Crippen LogP contribution in [0.3, 0.4) is 0 Å². The van der Waals surface area contributed by atoms with E-state index >= 15 is 0 Å². The molecule has 0 saturated heterocycles. The lowest BCUT2D eigenvalue weighted by molar-refractivity contribution is -0.150. The van der Waals surface area contributed by atoms with Crippen molar-refractivity contribution >= 4 is 23.6 Å². The molecular formula is C22H27NO4S. The SMILES string of the molecule is Cc1ccc(SCCNC(=O)COC(=O)COc2c(C)cc(C)cc2C)cc1. The number of hydrogen-bond acceptors (Lipinski definition) is 5. The number of rotatable bonds is 9. The van der Waals surface area contributed by atoms with Gasteiger partial charge < -0.3 is 14.8 Å². The molecule has 2 aromatic carbocycles. The van der Waals surface area contributed by atoms with Crippen LogP contribution in [0.5, 0.6) is 5.75 Å². The number of amides is 1. The van der Waals surface area contributed by atoms with E-state index in [9.17, 15) is 9.59 Å². The maximum Gasteiger partial charge on any atom is 0.344 e. The molecule has 0 radical (unpaired) electrons. The van der Waals surface area contributed by atoms with Crippen LogP contribution in [0.1, 0.15) is 22.3 Å². The van der Waals surface area contributed by atoms with Crippen molar-refractivity contribution in [1.82, 2.24) is 5.32 Å². The van der Waals surface area contributed by atoms with Crippen LogP contribution in [0.4, 0.5) is 0 Å². The average molecular weight is 402 g/mol. The summed E-state index contributed by atoms with van der Waals surface area (Å²) in [5, 5.41) is 2.74. The first-order valence-electron chi connectivity index (χ1n) is 9.17. The normalized spacial score (nSPS) is 10.4. The van der Waals surface area contributed by atoms with Crippen LogP contribution in [0.15, 0.2) is 41.3 Å². The van der Waals surface area contributed by atoms with E-state index in [1.807, 2.05) is 39.8 Å². The Labute approximate surface area is 170 Å². The van der Waals surface area contributed by atoms with Crippen LogP contribution in [-0.4, -0.2) is 37.4 Å². The lowest BCUT2D eigenvalue weighted by atomic mass is 10.1. The first-order valence-corrected chi connectivity index (χ1v) is 10.2. The Morgan fingerprint density at radius 2 is 1.57 bits per heavy atom. The fraction of sp³-hybridized carbons (Fsp3) is 0.364. The van der Waals surface area contributed by atoms with Crippen molar-refractivity contribution in [3.05, 3.63) is 58.7 Å². The summed E-state index contributed by atoms with van der Waals surface area (Å²) in [5.74, 6) is 0.543. The topological polar surface area (TPSA) is 64.6 Å². The monoisotopic (exact) mass is 401 g/mol. The third-order valence-corrected chi connectivity index (χ3v) is 5.03. The third-order valence-electron chi connectivity index (χ3n) is 4.02. The van der Waals surface area contributed by atoms with E-state index in [1.165, 1.54) is 5.56 Å². The van der Waals surface area contributed by atoms with E-state index in [4.69, 9.17) is 9.47 Å². The first-order chi connectivity index (χ1) is 13.3. The van der Waals surface area contributed by atoms with Crippen molar-refractivity contribution in [2.24, 2.45) is 0 Å². The van der Waals surface area contributed by atoms with Crippen molar-refractivity contribution in [3.8, 4) is 5.75 Å². The number of nitrogens with one attached hydrogen (secondary N) is 1. The molecular weight excluding hydrogens is 374 g/mol. The highest BCUT2D eigenvalue weighted by atomic mass is 32.2. The second-order valence-electron chi connectivity index (χ2n) is 6.69. The summed E-state index contributed by atoms with van der Waals surface area (Å²) in [7, 11) is 0. The molecule has 0 bridgehead atoms. The zero-order valence-corrected chi connectivity index (χ0v) is 17.7. The van der Waals surface area contributed by atoms with Gasteiger partial charge in [-0.3, -0.25) is 4.79 Å². The number of esters is 1. The van der Waals surface area contributed by atoms with Gasteiger partial charge in [0.15, 0.2) is 13.2 Å². The molecule has 150 valence electrons. The number of carbonyl (C=O) groups is 2. The largest absolute Gasteiger partial charge is 0.481 e. The smallest absolute Gasteiger partial charge is 0.344 e. The predicted octanol–water partition coefficient (Wildman–Crippen LogP) is 3.75. The molecule has 5 nitrogen and oxygen atoms in total. The van der Waals surface area contributed by atoms with Crippen molar-refractivity contribution in [3.63, 3.8) is 0 Å². The predicted molar refractivity (Wildman–Crippen MR) is 112 cm³/mol. The van der Waals surface area contributed by atoms with Gasteiger partial charge >= 0.3 is 5.97 Å². The fourth-order valence-corrected chi connectivity index (χ4v) is 3.53. The van der Waals surface area contributed by atoms with E-state index in [-0.39, 0.29) is 19.1 Å². The number of thioether (sulfide) groups is 1. The molecule has 28 heavy (non-hydrogen) atoms. The summed E-state index contributed by atoms with van der Waals surface area (Å²) in [4.78, 5) is 24.8. The molecule has 0 aliphatic rings. The van der Waals surface area contributed by atoms with Crippen LogP contribution >= 0.6 is 11.8 Å². The highest BCUT2D eigenvalue weighted by molar-refractivity contribution is 7.99. The van der Waals surface area contributed by atoms with Gasteiger partial charge in [-0.15, -0.1) is 11.8 Å². The van der Waals surface area contributed by atoms with E-state index in [1.54, 1.807) is 11.8 Å². The third kappa shape index (κ3) is 7.27. The van der Waals surface area contributed by atoms with Crippen LogP contribution in [0.2, 0.25) is 0 Å². The molecule has 0 atom stereocenters. The molecule has 6 heteroatoms. The van der Waals surface area contributed by atoms with Crippen LogP contribution in [0, 0.1) is 27.7 Å². The summed E-state index contributed by atoms with van der Waals surface area (Å²) in [5.41, 5.74) is 4.29. The number of hydrogen-bond donors (Lipinski definition) is 1. The second-order valence-corrected chi connectivity index (χ2v) is 7.86. The maximum absolute atomic E-state index is 11.8. The summed E-state index contributed by atoms with van der Waals surface area (Å²) in [6, 6.07) is 12.2. The van der Waals surface area contributed by atoms with Gasteiger partial charge in [0.2, 0.25) is 0 Å². The average Bonchev–Trinajstić information content (AvgIpc) is 2.64. The van der Waals surface area contributed by atoms with Crippen LogP contribution in [0.25, 0.3) is 0 Å². The van der Waals surface area contributed by atoms with Gasteiger partial charge in [0.1, 0.15) is 5.75 Å². The van der Waals surface area contributed by atoms with E-state index < -0.39 is 5.97 Å². The maximum atomic E-state index is 11.8. The molecule has 0 unspecified atom stereocenters. The first kappa shape index (κ1) is 21.8. The molecule has 0 fully saturated rings. The molecule has 0 aliphatic carbocycles. The fourth-order valence-electron chi connectivity index (χ4n) is 2.76. The number of carbonyl (C=O) groups excluding carboxylic acids is 2. The van der Waals surface area contributed by atoms with Crippen molar-refractivity contribution in [1.29, 1.82) is 0 Å². The molecule has 1 amide bonds. The molecule has 2 rings (SSSR count). The van der Waals surface area contributed by atoms with Gasteiger partial charge in [0.05, 0.1) is 0 Å². The quantitative estimate of drug-likeness (QED) is 0.394. The highest BCUT2D eigenvalue weighted by Crippen LogP contribution is 2.24. The minimum Gasteiger partial charge on any atom is -0.481 e. The summed E-state index contributed by atoms with van der Waals surface area (Å²) < 4.78 is 10.5. The number of ether oxygens (including phenoxy) is 2. The molecule has 0 heterocycles. The molecule has 0 aliphatic heterocycles. The van der Waals surface area contributed by atoms with Crippen molar-refractivity contribution < 1.29 is 19.1 Å². The highest BCUT2D eigenvalue weighted by Gasteiger charge is 2.11. The van der Waals surface area contributed by atoms with Crippen molar-refractivity contribution in [2.45, 2.75) is 32.6 Å². The van der Waals surface area contributed by atoms with Gasteiger partial charge in [0, 0.05) is 17.2 Å². The number of aryl methyl sites for hydroxylation is 4. The van der Waals surface area contributed by atoms with Crippen LogP contribution in [-0.2, 0) is 14.3 Å². The Bertz CT molecular complexity index is 795. The Morgan fingerprint density at radius 3 is 2.21 bits per heavy atom. The van der Waals surface area contributed by atoms with E-state index in [0.717, 1.165) is 27.3 Å². The standard InChI is InChI=1S/C22H27NO4S/c1-15-5-7-19(8-6-15)28-10-9-23-20(24)13-26-21(25)14-27-22-17(3)11-16(2)12-18(22)4/h5-8,11-12H,9-10,13-14H2,1-4H3,(H,23,24). The molecule has 2 aromatic rings. The van der Waals surface area contributed by atoms with E-state index in [0.29, 0.717) is 12.3 Å².